The topological polar surface area (TPSA) is 47.3 Å². The number of carbonyl (C=O) groups excluding carboxylic acids is 1. The van der Waals surface area contributed by atoms with E-state index < -0.39 is 0 Å². The van der Waals surface area contributed by atoms with E-state index in [0.717, 1.165) is 9.30 Å². The Morgan fingerprint density at radius 1 is 1.71 bits per heavy atom. The highest BCUT2D eigenvalue weighted by Crippen LogP contribution is 2.22. The van der Waals surface area contributed by atoms with Gasteiger partial charge in [-0.15, -0.1) is 5.10 Å². The molecule has 0 radical (unpaired) electrons. The van der Waals surface area contributed by atoms with Crippen LogP contribution in [0.3, 0.4) is 0 Å². The lowest BCUT2D eigenvalue weighted by Gasteiger charge is -1.87. The fraction of sp³-hybridized carbons (Fsp3) is 0.375. The molecule has 0 unspecified atom stereocenters. The summed E-state index contributed by atoms with van der Waals surface area (Å²) in [5.41, 5.74) is 0.513. The number of ketones is 1. The van der Waals surface area contributed by atoms with E-state index in [1.165, 1.54) is 11.3 Å². The van der Waals surface area contributed by atoms with Gasteiger partial charge in [0.15, 0.2) is 10.1 Å². The highest BCUT2D eigenvalue weighted by atomic mass is 32.2. The third kappa shape index (κ3) is 1.55. The highest BCUT2D eigenvalue weighted by molar-refractivity contribution is 8.00. The molecule has 0 aliphatic carbocycles. The second-order valence-electron chi connectivity index (χ2n) is 2.70. The molecule has 6 heteroatoms. The number of rotatable bonds is 3. The van der Waals surface area contributed by atoms with Crippen LogP contribution in [0.25, 0.3) is 4.96 Å². The number of hydrogen-bond acceptors (Lipinski definition) is 5. The van der Waals surface area contributed by atoms with Gasteiger partial charge in [0.2, 0.25) is 4.96 Å². The summed E-state index contributed by atoms with van der Waals surface area (Å²) in [5.74, 6) is 0.0633. The second-order valence-corrected chi connectivity index (χ2v) is 4.71. The molecule has 0 saturated heterocycles. The van der Waals surface area contributed by atoms with Crippen LogP contribution in [0.1, 0.15) is 23.8 Å². The molecule has 0 aliphatic rings. The molecular formula is C8H9N3OS2. The smallest absolute Gasteiger partial charge is 0.213 e. The summed E-state index contributed by atoms with van der Waals surface area (Å²) in [5, 5.41) is 4.25. The highest BCUT2D eigenvalue weighted by Gasteiger charge is 2.11. The molecule has 2 rings (SSSR count). The van der Waals surface area contributed by atoms with E-state index in [1.807, 2.05) is 13.2 Å². The molecule has 74 valence electrons. The number of imidazole rings is 1. The maximum Gasteiger partial charge on any atom is 0.213 e. The van der Waals surface area contributed by atoms with E-state index in [2.05, 4.69) is 10.1 Å². The Morgan fingerprint density at radius 3 is 3.07 bits per heavy atom. The van der Waals surface area contributed by atoms with Crippen molar-refractivity contribution >= 4 is 33.8 Å². The van der Waals surface area contributed by atoms with Crippen LogP contribution >= 0.6 is 23.1 Å². The van der Waals surface area contributed by atoms with Crippen LogP contribution in [0.2, 0.25) is 0 Å². The average Bonchev–Trinajstić information content (AvgIpc) is 2.72. The van der Waals surface area contributed by atoms with Gasteiger partial charge in [0.05, 0.1) is 6.20 Å². The standard InChI is InChI=1S/C8H9N3OS2/c1-3-6(12)5-4-11-7(9-5)14-8(10-11)13-2/h4H,3H2,1-2H3. The fourth-order valence-corrected chi connectivity index (χ4v) is 2.42. The quantitative estimate of drug-likeness (QED) is 0.595. The zero-order chi connectivity index (χ0) is 10.1. The molecule has 0 N–H and O–H groups in total. The lowest BCUT2D eigenvalue weighted by atomic mass is 10.2. The zero-order valence-electron chi connectivity index (χ0n) is 7.85. The molecule has 14 heavy (non-hydrogen) atoms. The van der Waals surface area contributed by atoms with E-state index in [-0.39, 0.29) is 5.78 Å². The van der Waals surface area contributed by atoms with E-state index in [0.29, 0.717) is 12.1 Å². The van der Waals surface area contributed by atoms with Crippen molar-refractivity contribution in [3.8, 4) is 0 Å². The Hall–Kier alpha value is -0.880. The van der Waals surface area contributed by atoms with E-state index in [4.69, 9.17) is 0 Å². The SMILES string of the molecule is CCC(=O)c1cn2nc(SC)sc2n1. The first-order chi connectivity index (χ1) is 6.74. The fourth-order valence-electron chi connectivity index (χ4n) is 1.08. The summed E-state index contributed by atoms with van der Waals surface area (Å²) in [4.78, 5) is 16.3. The number of hydrogen-bond donors (Lipinski definition) is 0. The van der Waals surface area contributed by atoms with Gasteiger partial charge in [-0.05, 0) is 6.26 Å². The molecule has 0 atom stereocenters. The predicted molar refractivity (Wildman–Crippen MR) is 57.3 cm³/mol. The van der Waals surface area contributed by atoms with Crippen molar-refractivity contribution in [2.24, 2.45) is 0 Å². The van der Waals surface area contributed by atoms with E-state index in [9.17, 15) is 4.79 Å². The maximum absolute atomic E-state index is 11.3. The number of Topliss-reactive ketones (excluding diaryl/α,β-unsaturated/α-hetero) is 1. The largest absolute Gasteiger partial charge is 0.292 e. The van der Waals surface area contributed by atoms with Gasteiger partial charge in [-0.25, -0.2) is 9.50 Å². The van der Waals surface area contributed by atoms with E-state index in [1.54, 1.807) is 22.5 Å². The van der Waals surface area contributed by atoms with Crippen molar-refractivity contribution in [1.29, 1.82) is 0 Å². The molecule has 2 aromatic heterocycles. The second kappa shape index (κ2) is 3.70. The first-order valence-corrected chi connectivity index (χ1v) is 6.22. The lowest BCUT2D eigenvalue weighted by molar-refractivity contribution is 0.0984. The summed E-state index contributed by atoms with van der Waals surface area (Å²) in [7, 11) is 0. The van der Waals surface area contributed by atoms with Crippen LogP contribution in [0.4, 0.5) is 0 Å². The van der Waals surface area contributed by atoms with Gasteiger partial charge in [0, 0.05) is 6.42 Å². The van der Waals surface area contributed by atoms with Crippen molar-refractivity contribution in [1.82, 2.24) is 14.6 Å². The van der Waals surface area contributed by atoms with Crippen LogP contribution in [-0.2, 0) is 0 Å². The Bertz CT molecular complexity index is 442. The molecule has 0 amide bonds. The Labute approximate surface area is 89.3 Å². The first-order valence-electron chi connectivity index (χ1n) is 4.18. The summed E-state index contributed by atoms with van der Waals surface area (Å²) in [6.07, 6.45) is 4.15. The first kappa shape index (κ1) is 9.67. The molecule has 0 aromatic carbocycles. The van der Waals surface area contributed by atoms with Crippen molar-refractivity contribution in [3.63, 3.8) is 0 Å². The maximum atomic E-state index is 11.3. The van der Waals surface area contributed by atoms with Gasteiger partial charge in [-0.2, -0.15) is 0 Å². The van der Waals surface area contributed by atoms with Crippen LogP contribution in [-0.4, -0.2) is 26.6 Å². The Kier molecular flexibility index (Phi) is 2.56. The zero-order valence-corrected chi connectivity index (χ0v) is 9.48. The number of aromatic nitrogens is 3. The molecule has 0 aliphatic heterocycles. The summed E-state index contributed by atoms with van der Waals surface area (Å²) < 4.78 is 2.63. The van der Waals surface area contributed by atoms with E-state index >= 15 is 0 Å². The average molecular weight is 227 g/mol. The van der Waals surface area contributed by atoms with Gasteiger partial charge in [-0.3, -0.25) is 4.79 Å². The lowest BCUT2D eigenvalue weighted by Crippen LogP contribution is -1.95. The summed E-state index contributed by atoms with van der Waals surface area (Å²) in [6, 6.07) is 0. The molecule has 4 nitrogen and oxygen atoms in total. The van der Waals surface area contributed by atoms with Gasteiger partial charge in [0.1, 0.15) is 5.69 Å². The minimum Gasteiger partial charge on any atom is -0.292 e. The molecule has 0 bridgehead atoms. The summed E-state index contributed by atoms with van der Waals surface area (Å²) in [6.45, 7) is 1.83. The molecular weight excluding hydrogens is 218 g/mol. The number of nitrogens with zero attached hydrogens (tertiary/aromatic N) is 3. The van der Waals surface area contributed by atoms with Gasteiger partial charge in [-0.1, -0.05) is 30.0 Å². The monoisotopic (exact) mass is 227 g/mol. The minimum atomic E-state index is 0.0633. The van der Waals surface area contributed by atoms with Crippen LogP contribution in [0.5, 0.6) is 0 Å². The third-order valence-corrected chi connectivity index (χ3v) is 3.70. The van der Waals surface area contributed by atoms with Crippen LogP contribution < -0.4 is 0 Å². The van der Waals surface area contributed by atoms with Gasteiger partial charge in [0.25, 0.3) is 0 Å². The van der Waals surface area contributed by atoms with Crippen molar-refractivity contribution in [2.45, 2.75) is 17.7 Å². The normalized spacial score (nSPS) is 11.0. The molecule has 2 aromatic rings. The third-order valence-electron chi connectivity index (χ3n) is 1.81. The minimum absolute atomic E-state index is 0.0633. The number of thioether (sulfide) groups is 1. The van der Waals surface area contributed by atoms with Crippen LogP contribution in [0.15, 0.2) is 10.5 Å². The van der Waals surface area contributed by atoms with Crippen molar-refractivity contribution < 1.29 is 4.79 Å². The Balaban J connectivity index is 2.44. The van der Waals surface area contributed by atoms with Gasteiger partial charge >= 0.3 is 0 Å². The van der Waals surface area contributed by atoms with Crippen LogP contribution in [0, 0.1) is 0 Å². The van der Waals surface area contributed by atoms with Crippen molar-refractivity contribution in [2.75, 3.05) is 6.26 Å². The Morgan fingerprint density at radius 2 is 2.50 bits per heavy atom. The van der Waals surface area contributed by atoms with Crippen molar-refractivity contribution in [3.05, 3.63) is 11.9 Å². The van der Waals surface area contributed by atoms with Gasteiger partial charge < -0.3 is 0 Å². The predicted octanol–water partition coefficient (Wildman–Crippen LogP) is 2.11. The molecule has 0 saturated carbocycles. The molecule has 0 fully saturated rings. The summed E-state index contributed by atoms with van der Waals surface area (Å²) >= 11 is 3.08. The molecule has 2 heterocycles. The number of carbonyl (C=O) groups is 1. The number of fused-ring (bicyclic) bond motifs is 1. The molecule has 0 spiro atoms.